The summed E-state index contributed by atoms with van der Waals surface area (Å²) in [6.45, 7) is 0.0450. The summed E-state index contributed by atoms with van der Waals surface area (Å²) in [5, 5.41) is 0. The largest absolute Gasteiger partial charge is 0.305 e. The highest BCUT2D eigenvalue weighted by molar-refractivity contribution is 7.75. The summed E-state index contributed by atoms with van der Waals surface area (Å²) < 4.78 is 60.9. The van der Waals surface area contributed by atoms with Gasteiger partial charge in [-0.05, 0) is 0 Å². The average molecular weight is 322 g/mol. The molecule has 0 saturated carbocycles. The van der Waals surface area contributed by atoms with E-state index in [2.05, 4.69) is 8.37 Å². The Balaban J connectivity index is 1.57. The second-order valence-electron chi connectivity index (χ2n) is 3.19. The Morgan fingerprint density at radius 3 is 1.78 bits per heavy atom. The van der Waals surface area contributed by atoms with Crippen LogP contribution in [0.2, 0.25) is 0 Å². The van der Waals surface area contributed by atoms with E-state index in [9.17, 15) is 12.6 Å². The van der Waals surface area contributed by atoms with Crippen molar-refractivity contribution in [3.63, 3.8) is 0 Å². The molecule has 0 aromatic heterocycles. The number of rotatable bonds is 6. The van der Waals surface area contributed by atoms with E-state index >= 15 is 0 Å². The lowest BCUT2D eigenvalue weighted by Gasteiger charge is -2.08. The van der Waals surface area contributed by atoms with Crippen LogP contribution in [0.3, 0.4) is 0 Å². The van der Waals surface area contributed by atoms with E-state index < -0.39 is 46.3 Å². The van der Waals surface area contributed by atoms with Crippen molar-refractivity contribution >= 4 is 34.1 Å². The molecule has 1 unspecified atom stereocenters. The van der Waals surface area contributed by atoms with Crippen molar-refractivity contribution < 1.29 is 37.7 Å². The van der Waals surface area contributed by atoms with Crippen LogP contribution < -0.4 is 0 Å². The van der Waals surface area contributed by atoms with Crippen molar-refractivity contribution in [1.29, 1.82) is 0 Å². The van der Waals surface area contributed by atoms with Gasteiger partial charge in [-0.3, -0.25) is 25.1 Å². The van der Waals surface area contributed by atoms with Crippen molar-refractivity contribution in [1.82, 2.24) is 0 Å². The molecular weight excluding hydrogens is 312 g/mol. The van der Waals surface area contributed by atoms with E-state index in [4.69, 9.17) is 16.7 Å². The average Bonchev–Trinajstić information content (AvgIpc) is 2.93. The first-order valence-corrected chi connectivity index (χ1v) is 7.76. The molecule has 2 saturated heterocycles. The van der Waals surface area contributed by atoms with Gasteiger partial charge in [0.2, 0.25) is 0 Å². The maximum absolute atomic E-state index is 11.2. The fourth-order valence-electron chi connectivity index (χ4n) is 1.04. The predicted molar refractivity (Wildman–Crippen MR) is 58.0 cm³/mol. The molecule has 0 aromatic rings. The molecule has 2 rings (SSSR count). The Kier molecular flexibility index (Phi) is 5.78. The zero-order valence-electron chi connectivity index (χ0n) is 8.88. The van der Waals surface area contributed by atoms with Gasteiger partial charge in [-0.2, -0.15) is 12.6 Å². The van der Waals surface area contributed by atoms with Crippen LogP contribution in [0.1, 0.15) is 0 Å². The first kappa shape index (κ1) is 14.6. The molecule has 0 N–H and O–H groups in total. The summed E-state index contributed by atoms with van der Waals surface area (Å²) in [6.07, 6.45) is -1.09. The van der Waals surface area contributed by atoms with Gasteiger partial charge in [-0.1, -0.05) is 0 Å². The van der Waals surface area contributed by atoms with Gasteiger partial charge in [-0.25, -0.2) is 0 Å². The molecule has 12 heteroatoms. The second-order valence-corrected chi connectivity index (χ2v) is 5.74. The predicted octanol–water partition coefficient (Wildman–Crippen LogP) is -1.41. The molecule has 0 bridgehead atoms. The number of hydrogen-bond acceptors (Lipinski definition) is 9. The third-order valence-electron chi connectivity index (χ3n) is 1.83. The molecule has 18 heavy (non-hydrogen) atoms. The first-order valence-electron chi connectivity index (χ1n) is 4.76. The molecule has 9 nitrogen and oxygen atoms in total. The highest BCUT2D eigenvalue weighted by Crippen LogP contribution is 2.11. The summed E-state index contributed by atoms with van der Waals surface area (Å²) in [5.41, 5.74) is 0. The molecule has 0 aromatic carbocycles. The molecule has 2 heterocycles. The Morgan fingerprint density at radius 2 is 1.44 bits per heavy atom. The van der Waals surface area contributed by atoms with Crippen molar-refractivity contribution in [2.45, 2.75) is 12.2 Å². The fraction of sp³-hybridized carbons (Fsp3) is 1.00. The second kappa shape index (κ2) is 7.12. The van der Waals surface area contributed by atoms with Gasteiger partial charge in [0, 0.05) is 0 Å². The Bertz CT molecular complexity index is 328. The topological polar surface area (TPSA) is 107 Å². The summed E-state index contributed by atoms with van der Waals surface area (Å²) in [4.78, 5) is 0. The summed E-state index contributed by atoms with van der Waals surface area (Å²) in [5.74, 6) is 0. The van der Waals surface area contributed by atoms with Crippen molar-refractivity contribution in [2.24, 2.45) is 0 Å². The maximum atomic E-state index is 11.2. The van der Waals surface area contributed by atoms with Gasteiger partial charge in [0.15, 0.2) is 0 Å². The van der Waals surface area contributed by atoms with Gasteiger partial charge in [0.25, 0.3) is 0 Å². The van der Waals surface area contributed by atoms with E-state index in [-0.39, 0.29) is 26.4 Å². The van der Waals surface area contributed by atoms with E-state index in [1.807, 2.05) is 0 Å². The summed E-state index contributed by atoms with van der Waals surface area (Å²) in [6, 6.07) is 0. The van der Waals surface area contributed by atoms with Crippen LogP contribution in [0, 0.1) is 0 Å². The summed E-state index contributed by atoms with van der Waals surface area (Å²) >= 11 is -5.54. The lowest BCUT2D eigenvalue weighted by molar-refractivity contribution is 0.122. The third-order valence-corrected chi connectivity index (χ3v) is 4.00. The van der Waals surface area contributed by atoms with Crippen LogP contribution >= 0.6 is 0 Å². The molecule has 0 radical (unpaired) electrons. The lowest BCUT2D eigenvalue weighted by atomic mass is 10.4. The van der Waals surface area contributed by atoms with E-state index in [0.29, 0.717) is 0 Å². The van der Waals surface area contributed by atoms with Gasteiger partial charge in [0.1, 0.15) is 12.2 Å². The third kappa shape index (κ3) is 4.71. The van der Waals surface area contributed by atoms with Gasteiger partial charge >= 0.3 is 34.1 Å². The normalized spacial score (nSPS) is 38.0. The van der Waals surface area contributed by atoms with Crippen LogP contribution in [0.5, 0.6) is 0 Å². The van der Waals surface area contributed by atoms with Crippen LogP contribution in [-0.4, -0.2) is 51.3 Å². The minimum atomic E-state index is -2.00. The van der Waals surface area contributed by atoms with Gasteiger partial charge in [0.05, 0.1) is 26.4 Å². The smallest absolute Gasteiger partial charge is 0.266 e. The molecule has 0 aliphatic carbocycles. The Labute approximate surface area is 111 Å². The Hall–Kier alpha value is 0.210. The standard InChI is InChI=1S/C6H10O9S3/c7-16(10-1-5-3-12-17(8)14-5)11-2-6-4-13-18(9)15-6/h5-6H,1-4H2/t5-,6+,16?,17-,18-/m1/s1. The molecule has 0 amide bonds. The zero-order valence-corrected chi connectivity index (χ0v) is 11.3. The molecule has 2 aliphatic rings. The molecule has 2 fully saturated rings. The van der Waals surface area contributed by atoms with Gasteiger partial charge < -0.3 is 0 Å². The number of hydrogen-bond donors (Lipinski definition) is 0. The van der Waals surface area contributed by atoms with Crippen LogP contribution in [0.25, 0.3) is 0 Å². The fourth-order valence-corrected chi connectivity index (χ4v) is 2.94. The highest BCUT2D eigenvalue weighted by Gasteiger charge is 2.26. The van der Waals surface area contributed by atoms with Crippen LogP contribution in [0.4, 0.5) is 0 Å². The quantitative estimate of drug-likeness (QED) is 0.582. The van der Waals surface area contributed by atoms with E-state index in [1.54, 1.807) is 0 Å². The van der Waals surface area contributed by atoms with Crippen molar-refractivity contribution in [3.8, 4) is 0 Å². The zero-order chi connectivity index (χ0) is 13.0. The lowest BCUT2D eigenvalue weighted by Crippen LogP contribution is -2.22. The Morgan fingerprint density at radius 1 is 1.00 bits per heavy atom. The van der Waals surface area contributed by atoms with E-state index in [1.165, 1.54) is 0 Å². The van der Waals surface area contributed by atoms with Gasteiger partial charge in [-0.15, -0.1) is 0 Å². The monoisotopic (exact) mass is 322 g/mol. The minimum absolute atomic E-state index is 0.0771. The van der Waals surface area contributed by atoms with E-state index in [0.717, 1.165) is 0 Å². The molecular formula is C6H10O9S3. The first-order chi connectivity index (χ1) is 8.63. The maximum Gasteiger partial charge on any atom is 0.305 e. The van der Waals surface area contributed by atoms with Crippen LogP contribution in [-0.2, 0) is 59.2 Å². The molecule has 5 atom stereocenters. The van der Waals surface area contributed by atoms with Crippen LogP contribution in [0.15, 0.2) is 0 Å². The molecule has 0 spiro atoms. The molecule has 106 valence electrons. The molecule has 2 aliphatic heterocycles. The summed E-state index contributed by atoms with van der Waals surface area (Å²) in [7, 11) is 0. The SMILES string of the molecule is O=S(OC[C@@H]1CO[S@@](=O)O1)OC[C@H]1CO[S@@](=O)O1. The highest BCUT2D eigenvalue weighted by atomic mass is 32.2. The van der Waals surface area contributed by atoms with Crippen molar-refractivity contribution in [3.05, 3.63) is 0 Å². The van der Waals surface area contributed by atoms with Crippen molar-refractivity contribution in [2.75, 3.05) is 26.4 Å². The minimum Gasteiger partial charge on any atom is -0.266 e.